The minimum Gasteiger partial charge on any atom is -0.322 e. The number of carbonyl (C=O) groups excluding carboxylic acids is 2. The van der Waals surface area contributed by atoms with E-state index in [0.717, 1.165) is 21.4 Å². The highest BCUT2D eigenvalue weighted by Crippen LogP contribution is 2.29. The summed E-state index contributed by atoms with van der Waals surface area (Å²) in [6, 6.07) is 12.9. The fraction of sp³-hybridized carbons (Fsp3) is 0.176. The van der Waals surface area contributed by atoms with Crippen molar-refractivity contribution < 1.29 is 9.59 Å². The number of fused-ring (bicyclic) bond motifs is 1. The van der Waals surface area contributed by atoms with Gasteiger partial charge in [0.15, 0.2) is 0 Å². The molecule has 22 heavy (non-hydrogen) atoms. The first-order valence-electron chi connectivity index (χ1n) is 7.01. The van der Waals surface area contributed by atoms with Crippen LogP contribution in [-0.2, 0) is 11.2 Å². The molecule has 0 radical (unpaired) electrons. The maximum absolute atomic E-state index is 12.3. The van der Waals surface area contributed by atoms with Crippen LogP contribution in [0.3, 0.4) is 0 Å². The topological polar surface area (TPSA) is 49.4 Å². The molecular formula is C17H15BrN2O2. The first kappa shape index (κ1) is 14.8. The van der Waals surface area contributed by atoms with Gasteiger partial charge in [-0.1, -0.05) is 22.0 Å². The van der Waals surface area contributed by atoms with Crippen molar-refractivity contribution >= 4 is 39.1 Å². The molecule has 0 aliphatic carbocycles. The lowest BCUT2D eigenvalue weighted by Gasteiger charge is -2.26. The Hall–Kier alpha value is -2.14. The van der Waals surface area contributed by atoms with Crippen LogP contribution in [0.1, 0.15) is 22.3 Å². The van der Waals surface area contributed by atoms with Crippen LogP contribution in [0.4, 0.5) is 11.4 Å². The second-order valence-electron chi connectivity index (χ2n) is 5.26. The van der Waals surface area contributed by atoms with Crippen LogP contribution in [0.2, 0.25) is 0 Å². The number of rotatable bonds is 2. The minimum atomic E-state index is -0.151. The molecule has 2 aromatic carbocycles. The van der Waals surface area contributed by atoms with Gasteiger partial charge >= 0.3 is 0 Å². The number of halogens is 1. The molecule has 112 valence electrons. The molecule has 4 nitrogen and oxygen atoms in total. The summed E-state index contributed by atoms with van der Waals surface area (Å²) >= 11 is 3.36. The van der Waals surface area contributed by atoms with Crippen molar-refractivity contribution in [1.82, 2.24) is 0 Å². The summed E-state index contributed by atoms with van der Waals surface area (Å²) in [6.45, 7) is 0. The number of benzene rings is 2. The Labute approximate surface area is 137 Å². The molecule has 0 unspecified atom stereocenters. The molecule has 1 aliphatic heterocycles. The molecule has 0 bridgehead atoms. The Morgan fingerprint density at radius 2 is 2.00 bits per heavy atom. The molecule has 1 heterocycles. The third-order valence-corrected chi connectivity index (χ3v) is 4.26. The second kappa shape index (κ2) is 5.93. The van der Waals surface area contributed by atoms with Gasteiger partial charge in [-0.3, -0.25) is 9.59 Å². The van der Waals surface area contributed by atoms with Crippen molar-refractivity contribution in [2.24, 2.45) is 0 Å². The van der Waals surface area contributed by atoms with Crippen LogP contribution < -0.4 is 10.2 Å². The van der Waals surface area contributed by atoms with E-state index in [1.54, 1.807) is 24.1 Å². The number of nitrogens with one attached hydrogen (secondary N) is 1. The number of aryl methyl sites for hydroxylation is 1. The molecule has 0 saturated heterocycles. The zero-order valence-corrected chi connectivity index (χ0v) is 13.7. The number of anilines is 2. The van der Waals surface area contributed by atoms with Gasteiger partial charge in [-0.15, -0.1) is 0 Å². The number of amides is 2. The van der Waals surface area contributed by atoms with E-state index in [1.807, 2.05) is 30.3 Å². The quantitative estimate of drug-likeness (QED) is 0.891. The van der Waals surface area contributed by atoms with E-state index in [-0.39, 0.29) is 11.8 Å². The molecule has 1 aliphatic rings. The number of carbonyl (C=O) groups is 2. The van der Waals surface area contributed by atoms with E-state index in [0.29, 0.717) is 18.4 Å². The van der Waals surface area contributed by atoms with Gasteiger partial charge in [0.25, 0.3) is 5.91 Å². The summed E-state index contributed by atoms with van der Waals surface area (Å²) in [6.07, 6.45) is 1.21. The van der Waals surface area contributed by atoms with E-state index in [2.05, 4.69) is 21.2 Å². The highest BCUT2D eigenvalue weighted by atomic mass is 79.9. The van der Waals surface area contributed by atoms with Crippen molar-refractivity contribution in [2.75, 3.05) is 17.3 Å². The van der Waals surface area contributed by atoms with Crippen LogP contribution in [0.5, 0.6) is 0 Å². The van der Waals surface area contributed by atoms with Gasteiger partial charge in [0.05, 0.1) is 0 Å². The second-order valence-corrected chi connectivity index (χ2v) is 6.18. The zero-order valence-electron chi connectivity index (χ0n) is 12.1. The van der Waals surface area contributed by atoms with Gasteiger partial charge in [0.1, 0.15) is 0 Å². The Balaban J connectivity index is 1.82. The smallest absolute Gasteiger partial charge is 0.255 e. The molecular weight excluding hydrogens is 344 g/mol. The Morgan fingerprint density at radius 1 is 1.18 bits per heavy atom. The van der Waals surface area contributed by atoms with Crippen LogP contribution in [0.15, 0.2) is 46.9 Å². The molecule has 0 aromatic heterocycles. The fourth-order valence-corrected chi connectivity index (χ4v) is 2.97. The standard InChI is InChI=1S/C17H15BrN2O2/c1-20-15-7-6-14(10-11(15)5-8-16(20)21)19-17(22)12-3-2-4-13(18)9-12/h2-4,6-7,9-10H,5,8H2,1H3,(H,19,22). The summed E-state index contributed by atoms with van der Waals surface area (Å²) < 4.78 is 0.866. The fourth-order valence-electron chi connectivity index (χ4n) is 2.57. The third kappa shape index (κ3) is 2.90. The average molecular weight is 359 g/mol. The summed E-state index contributed by atoms with van der Waals surface area (Å²) in [7, 11) is 1.78. The summed E-state index contributed by atoms with van der Waals surface area (Å²) in [5, 5.41) is 2.90. The van der Waals surface area contributed by atoms with Crippen LogP contribution >= 0.6 is 15.9 Å². The Bertz CT molecular complexity index is 758. The highest BCUT2D eigenvalue weighted by molar-refractivity contribution is 9.10. The lowest BCUT2D eigenvalue weighted by molar-refractivity contribution is -0.118. The maximum Gasteiger partial charge on any atom is 0.255 e. The third-order valence-electron chi connectivity index (χ3n) is 3.77. The molecule has 2 amide bonds. The molecule has 5 heteroatoms. The van der Waals surface area contributed by atoms with Crippen molar-refractivity contribution in [3.05, 3.63) is 58.1 Å². The monoisotopic (exact) mass is 358 g/mol. The average Bonchev–Trinajstić information content (AvgIpc) is 2.51. The van der Waals surface area contributed by atoms with Crippen molar-refractivity contribution in [3.63, 3.8) is 0 Å². The first-order valence-corrected chi connectivity index (χ1v) is 7.80. The predicted molar refractivity (Wildman–Crippen MR) is 90.3 cm³/mol. The number of nitrogens with zero attached hydrogens (tertiary/aromatic N) is 1. The molecule has 0 spiro atoms. The highest BCUT2D eigenvalue weighted by Gasteiger charge is 2.21. The van der Waals surface area contributed by atoms with Crippen LogP contribution in [-0.4, -0.2) is 18.9 Å². The largest absolute Gasteiger partial charge is 0.322 e. The predicted octanol–water partition coefficient (Wildman–Crippen LogP) is 3.61. The minimum absolute atomic E-state index is 0.124. The molecule has 1 N–H and O–H groups in total. The van der Waals surface area contributed by atoms with Gasteiger partial charge in [0, 0.05) is 34.9 Å². The van der Waals surface area contributed by atoms with Gasteiger partial charge < -0.3 is 10.2 Å². The number of hydrogen-bond acceptors (Lipinski definition) is 2. The molecule has 0 atom stereocenters. The number of hydrogen-bond donors (Lipinski definition) is 1. The van der Waals surface area contributed by atoms with Crippen LogP contribution in [0, 0.1) is 0 Å². The van der Waals surface area contributed by atoms with E-state index in [9.17, 15) is 9.59 Å². The Kier molecular flexibility index (Phi) is 3.98. The maximum atomic E-state index is 12.3. The van der Waals surface area contributed by atoms with Crippen LogP contribution in [0.25, 0.3) is 0 Å². The van der Waals surface area contributed by atoms with E-state index < -0.39 is 0 Å². The van der Waals surface area contributed by atoms with Crippen molar-refractivity contribution in [3.8, 4) is 0 Å². The first-order chi connectivity index (χ1) is 10.5. The van der Waals surface area contributed by atoms with E-state index in [1.165, 1.54) is 0 Å². The van der Waals surface area contributed by atoms with E-state index in [4.69, 9.17) is 0 Å². The molecule has 0 saturated carbocycles. The lowest BCUT2D eigenvalue weighted by Crippen LogP contribution is -2.31. The summed E-state index contributed by atoms with van der Waals surface area (Å²) in [5.74, 6) is -0.0279. The van der Waals surface area contributed by atoms with Gasteiger partial charge in [0.2, 0.25) is 5.91 Å². The van der Waals surface area contributed by atoms with Crippen molar-refractivity contribution in [1.29, 1.82) is 0 Å². The van der Waals surface area contributed by atoms with Gasteiger partial charge in [-0.2, -0.15) is 0 Å². The zero-order chi connectivity index (χ0) is 15.7. The van der Waals surface area contributed by atoms with E-state index >= 15 is 0 Å². The molecule has 3 rings (SSSR count). The van der Waals surface area contributed by atoms with Gasteiger partial charge in [-0.05, 0) is 48.4 Å². The van der Waals surface area contributed by atoms with Gasteiger partial charge in [-0.25, -0.2) is 0 Å². The summed E-state index contributed by atoms with van der Waals surface area (Å²) in [4.78, 5) is 25.6. The lowest BCUT2D eigenvalue weighted by atomic mass is 10.0. The Morgan fingerprint density at radius 3 is 2.77 bits per heavy atom. The normalized spacial score (nSPS) is 13.7. The molecule has 0 fully saturated rings. The van der Waals surface area contributed by atoms with Crippen molar-refractivity contribution in [2.45, 2.75) is 12.8 Å². The SMILES string of the molecule is CN1C(=O)CCc2cc(NC(=O)c3cccc(Br)c3)ccc21. The molecule has 2 aromatic rings. The summed E-state index contributed by atoms with van der Waals surface area (Å²) in [5.41, 5.74) is 3.33.